The van der Waals surface area contributed by atoms with E-state index in [2.05, 4.69) is 40.5 Å². The molecule has 0 saturated carbocycles. The number of anilines is 6. The fourth-order valence-corrected chi connectivity index (χ4v) is 2.17. The summed E-state index contributed by atoms with van der Waals surface area (Å²) in [5.74, 6) is 0.353. The number of rotatable bonds is 5. The topological polar surface area (TPSA) is 205 Å². The van der Waals surface area contributed by atoms with Gasteiger partial charge in [-0.2, -0.15) is 29.9 Å². The molecule has 0 aliphatic heterocycles. The molecule has 0 atom stereocenters. The molecule has 10 N–H and O–H groups in total. The van der Waals surface area contributed by atoms with Crippen molar-refractivity contribution in [1.29, 1.82) is 0 Å². The van der Waals surface area contributed by atoms with Gasteiger partial charge in [0.15, 0.2) is 0 Å². The van der Waals surface area contributed by atoms with E-state index in [4.69, 9.17) is 22.9 Å². The highest BCUT2D eigenvalue weighted by Gasteiger charge is 2.16. The SMILES string of the molecule is Cc1ccc(C(Nc2nc(N)nc(N)n2)Nc2nc(N)nc(N)n2)cc1. The van der Waals surface area contributed by atoms with E-state index < -0.39 is 6.17 Å². The molecule has 0 saturated heterocycles. The molecule has 12 heteroatoms. The molecule has 2 heterocycles. The number of nitrogens with two attached hydrogens (primary N) is 4. The molecule has 3 rings (SSSR count). The third-order valence-corrected chi connectivity index (χ3v) is 3.30. The van der Waals surface area contributed by atoms with Crippen LogP contribution < -0.4 is 33.6 Å². The third-order valence-electron chi connectivity index (χ3n) is 3.30. The van der Waals surface area contributed by atoms with E-state index in [1.807, 2.05) is 31.2 Å². The molecule has 0 aliphatic carbocycles. The van der Waals surface area contributed by atoms with Crippen molar-refractivity contribution in [3.63, 3.8) is 0 Å². The minimum absolute atomic E-state index is 0.00342. The van der Waals surface area contributed by atoms with Crippen LogP contribution in [0.2, 0.25) is 0 Å². The largest absolute Gasteiger partial charge is 0.368 e. The zero-order chi connectivity index (χ0) is 18.7. The first-order valence-corrected chi connectivity index (χ1v) is 7.53. The highest BCUT2D eigenvalue weighted by molar-refractivity contribution is 5.45. The molecule has 0 unspecified atom stereocenters. The maximum Gasteiger partial charge on any atom is 0.231 e. The molecule has 26 heavy (non-hydrogen) atoms. The second-order valence-corrected chi connectivity index (χ2v) is 5.38. The summed E-state index contributed by atoms with van der Waals surface area (Å²) in [5, 5.41) is 6.14. The van der Waals surface area contributed by atoms with E-state index in [9.17, 15) is 0 Å². The lowest BCUT2D eigenvalue weighted by Gasteiger charge is -2.21. The molecule has 0 aliphatic rings. The van der Waals surface area contributed by atoms with Gasteiger partial charge in [0, 0.05) is 0 Å². The van der Waals surface area contributed by atoms with E-state index in [-0.39, 0.29) is 35.7 Å². The van der Waals surface area contributed by atoms with Crippen LogP contribution in [0.3, 0.4) is 0 Å². The maximum absolute atomic E-state index is 5.62. The van der Waals surface area contributed by atoms with Crippen LogP contribution in [0.5, 0.6) is 0 Å². The first-order valence-electron chi connectivity index (χ1n) is 7.53. The lowest BCUT2D eigenvalue weighted by Crippen LogP contribution is -2.23. The summed E-state index contributed by atoms with van der Waals surface area (Å²) in [5.41, 5.74) is 24.4. The number of nitrogens with one attached hydrogen (secondary N) is 2. The van der Waals surface area contributed by atoms with Crippen LogP contribution in [0.25, 0.3) is 0 Å². The lowest BCUT2D eigenvalue weighted by atomic mass is 10.1. The van der Waals surface area contributed by atoms with Crippen LogP contribution in [-0.2, 0) is 0 Å². The molecule has 134 valence electrons. The summed E-state index contributed by atoms with van der Waals surface area (Å²) in [6.07, 6.45) is -0.530. The molecule has 12 nitrogen and oxygen atoms in total. The molecule has 1 aromatic carbocycles. The summed E-state index contributed by atoms with van der Waals surface area (Å²) in [4.78, 5) is 23.5. The van der Waals surface area contributed by atoms with Gasteiger partial charge in [0.1, 0.15) is 6.17 Å². The molecule has 0 radical (unpaired) electrons. The van der Waals surface area contributed by atoms with Crippen LogP contribution in [0, 0.1) is 6.92 Å². The van der Waals surface area contributed by atoms with Gasteiger partial charge in [0.05, 0.1) is 0 Å². The fourth-order valence-electron chi connectivity index (χ4n) is 2.17. The van der Waals surface area contributed by atoms with Gasteiger partial charge >= 0.3 is 0 Å². The molecule has 0 amide bonds. The van der Waals surface area contributed by atoms with Crippen molar-refractivity contribution in [1.82, 2.24) is 29.9 Å². The second-order valence-electron chi connectivity index (χ2n) is 5.38. The quantitative estimate of drug-likeness (QED) is 0.332. The van der Waals surface area contributed by atoms with E-state index in [1.165, 1.54) is 0 Å². The Hall–Kier alpha value is -3.96. The number of nitrogen functional groups attached to an aromatic ring is 4. The van der Waals surface area contributed by atoms with Gasteiger partial charge in [0.2, 0.25) is 35.7 Å². The van der Waals surface area contributed by atoms with Gasteiger partial charge in [-0.3, -0.25) is 0 Å². The van der Waals surface area contributed by atoms with Gasteiger partial charge in [-0.05, 0) is 12.5 Å². The van der Waals surface area contributed by atoms with Crippen LogP contribution in [-0.4, -0.2) is 29.9 Å². The van der Waals surface area contributed by atoms with E-state index in [1.54, 1.807) is 0 Å². The van der Waals surface area contributed by atoms with Crippen molar-refractivity contribution in [3.8, 4) is 0 Å². The van der Waals surface area contributed by atoms with Gasteiger partial charge in [-0.15, -0.1) is 0 Å². The Bertz CT molecular complexity index is 816. The number of aromatic nitrogens is 6. The maximum atomic E-state index is 5.62. The Morgan fingerprint density at radius 2 is 1.04 bits per heavy atom. The third kappa shape index (κ3) is 4.11. The van der Waals surface area contributed by atoms with Gasteiger partial charge in [-0.1, -0.05) is 29.8 Å². The number of benzene rings is 1. The van der Waals surface area contributed by atoms with Crippen molar-refractivity contribution in [2.75, 3.05) is 33.6 Å². The van der Waals surface area contributed by atoms with Crippen molar-refractivity contribution >= 4 is 35.7 Å². The van der Waals surface area contributed by atoms with E-state index in [0.29, 0.717) is 0 Å². The van der Waals surface area contributed by atoms with Crippen molar-refractivity contribution in [3.05, 3.63) is 35.4 Å². The highest BCUT2D eigenvalue weighted by Crippen LogP contribution is 2.20. The molecule has 0 bridgehead atoms. The Balaban J connectivity index is 1.94. The summed E-state index contributed by atoms with van der Waals surface area (Å²) in [7, 11) is 0. The Morgan fingerprint density at radius 1 is 0.654 bits per heavy atom. The van der Waals surface area contributed by atoms with Crippen LogP contribution in [0.15, 0.2) is 24.3 Å². The first-order chi connectivity index (χ1) is 12.4. The normalized spacial score (nSPS) is 10.7. The fraction of sp³-hybridized carbons (Fsp3) is 0.143. The van der Waals surface area contributed by atoms with Crippen LogP contribution >= 0.6 is 0 Å². The minimum Gasteiger partial charge on any atom is -0.368 e. The minimum atomic E-state index is -0.530. The Labute approximate surface area is 148 Å². The average molecular weight is 354 g/mol. The smallest absolute Gasteiger partial charge is 0.231 e. The van der Waals surface area contributed by atoms with Gasteiger partial charge < -0.3 is 33.6 Å². The van der Waals surface area contributed by atoms with Gasteiger partial charge in [-0.25, -0.2) is 0 Å². The molecular formula is C14H18N12. The highest BCUT2D eigenvalue weighted by atomic mass is 15.3. The predicted octanol–water partition coefficient (Wildman–Crippen LogP) is -0.0834. The summed E-state index contributed by atoms with van der Waals surface area (Å²) in [6, 6.07) is 7.75. The van der Waals surface area contributed by atoms with Crippen LogP contribution in [0.1, 0.15) is 17.3 Å². The van der Waals surface area contributed by atoms with Crippen LogP contribution in [0.4, 0.5) is 35.7 Å². The molecule has 0 fully saturated rings. The van der Waals surface area contributed by atoms with Crippen molar-refractivity contribution in [2.45, 2.75) is 13.1 Å². The monoisotopic (exact) mass is 354 g/mol. The zero-order valence-corrected chi connectivity index (χ0v) is 13.9. The summed E-state index contributed by atoms with van der Waals surface area (Å²) >= 11 is 0. The lowest BCUT2D eigenvalue weighted by molar-refractivity contribution is 0.850. The van der Waals surface area contributed by atoms with Crippen molar-refractivity contribution < 1.29 is 0 Å². The summed E-state index contributed by atoms with van der Waals surface area (Å²) in [6.45, 7) is 1.99. The molecule has 3 aromatic rings. The van der Waals surface area contributed by atoms with E-state index in [0.717, 1.165) is 11.1 Å². The Kier molecular flexibility index (Phi) is 4.47. The molecule has 2 aromatic heterocycles. The zero-order valence-electron chi connectivity index (χ0n) is 13.9. The average Bonchev–Trinajstić information content (AvgIpc) is 2.53. The number of nitrogens with zero attached hydrogens (tertiary/aromatic N) is 6. The summed E-state index contributed by atoms with van der Waals surface area (Å²) < 4.78 is 0. The standard InChI is InChI=1S/C14H18N12/c1-6-2-4-7(5-3-6)8(19-13-23-9(15)21-10(16)24-13)20-14-25-11(17)22-12(18)26-14/h2-5,8H,1H3,(H5,15,16,19,21,23,24)(H5,17,18,20,22,25,26). The molecular weight excluding hydrogens is 336 g/mol. The number of hydrogen-bond donors (Lipinski definition) is 6. The first kappa shape index (κ1) is 16.9. The number of hydrogen-bond acceptors (Lipinski definition) is 12. The number of aryl methyl sites for hydroxylation is 1. The van der Waals surface area contributed by atoms with Crippen molar-refractivity contribution in [2.24, 2.45) is 0 Å². The second kappa shape index (κ2) is 6.88. The molecule has 0 spiro atoms. The van der Waals surface area contributed by atoms with E-state index >= 15 is 0 Å². The van der Waals surface area contributed by atoms with Gasteiger partial charge in [0.25, 0.3) is 0 Å². The Morgan fingerprint density at radius 3 is 1.42 bits per heavy atom. The predicted molar refractivity (Wildman–Crippen MR) is 98.5 cm³/mol.